The lowest BCUT2D eigenvalue weighted by atomic mass is 10.1. The molecule has 15 heavy (non-hydrogen) atoms. The van der Waals surface area contributed by atoms with Crippen molar-refractivity contribution in [3.63, 3.8) is 0 Å². The van der Waals surface area contributed by atoms with Crippen molar-refractivity contribution in [2.45, 2.75) is 0 Å². The first-order chi connectivity index (χ1) is 7.34. The monoisotopic (exact) mass is 200 g/mol. The lowest BCUT2D eigenvalue weighted by Gasteiger charge is -1.97. The Bertz CT molecular complexity index is 610. The fourth-order valence-corrected chi connectivity index (χ4v) is 1.59. The van der Waals surface area contributed by atoms with E-state index in [1.54, 1.807) is 12.5 Å². The summed E-state index contributed by atoms with van der Waals surface area (Å²) in [6.45, 7) is 0. The third kappa shape index (κ3) is 1.19. The number of nitrogen functional groups attached to an aromatic ring is 1. The smallest absolute Gasteiger partial charge is 0.229 e. The Morgan fingerprint density at radius 1 is 1.20 bits per heavy atom. The summed E-state index contributed by atoms with van der Waals surface area (Å²) in [5.74, 6) is 0.320. The fraction of sp³-hybridized carbons (Fsp3) is 0. The highest BCUT2D eigenvalue weighted by atomic mass is 16.5. The number of hydrogen-bond acceptors (Lipinski definition) is 4. The summed E-state index contributed by atoms with van der Waals surface area (Å²) in [6.07, 6.45) is 3.25. The first kappa shape index (κ1) is 8.11. The molecule has 4 heteroatoms. The topological polar surface area (TPSA) is 65.2 Å². The van der Waals surface area contributed by atoms with E-state index in [4.69, 9.17) is 14.7 Å². The van der Waals surface area contributed by atoms with E-state index in [2.05, 4.69) is 5.16 Å². The van der Waals surface area contributed by atoms with E-state index < -0.39 is 0 Å². The highest BCUT2D eigenvalue weighted by Crippen LogP contribution is 2.28. The molecule has 2 N–H and O–H groups in total. The lowest BCUT2D eigenvalue weighted by molar-refractivity contribution is 0.436. The fourth-order valence-electron chi connectivity index (χ4n) is 1.59. The number of fused-ring (bicyclic) bond motifs is 1. The van der Waals surface area contributed by atoms with Crippen LogP contribution in [0, 0.1) is 0 Å². The number of nitrogens with two attached hydrogens (primary N) is 1. The van der Waals surface area contributed by atoms with Crippen LogP contribution in [0.25, 0.3) is 22.1 Å². The SMILES string of the molecule is Nc1oncc1-c1ccc2ccoc2c1. The van der Waals surface area contributed by atoms with Gasteiger partial charge in [-0.2, -0.15) is 0 Å². The molecule has 0 unspecified atom stereocenters. The molecule has 0 radical (unpaired) electrons. The van der Waals surface area contributed by atoms with Crippen molar-refractivity contribution in [3.8, 4) is 11.1 Å². The van der Waals surface area contributed by atoms with E-state index >= 15 is 0 Å². The molecule has 0 aliphatic heterocycles. The van der Waals surface area contributed by atoms with Gasteiger partial charge < -0.3 is 14.7 Å². The summed E-state index contributed by atoms with van der Waals surface area (Å²) in [5, 5.41) is 4.70. The second-order valence-electron chi connectivity index (χ2n) is 3.28. The molecule has 74 valence electrons. The van der Waals surface area contributed by atoms with E-state index in [0.29, 0.717) is 5.88 Å². The third-order valence-corrected chi connectivity index (χ3v) is 2.37. The van der Waals surface area contributed by atoms with Gasteiger partial charge in [0.05, 0.1) is 18.0 Å². The van der Waals surface area contributed by atoms with E-state index in [9.17, 15) is 0 Å². The molecule has 0 spiro atoms. The minimum atomic E-state index is 0.320. The Morgan fingerprint density at radius 2 is 2.13 bits per heavy atom. The zero-order valence-electron chi connectivity index (χ0n) is 7.81. The summed E-state index contributed by atoms with van der Waals surface area (Å²) in [5.41, 5.74) is 8.19. The number of furan rings is 1. The molecule has 4 nitrogen and oxygen atoms in total. The maximum absolute atomic E-state index is 5.63. The van der Waals surface area contributed by atoms with Crippen molar-refractivity contribution < 1.29 is 8.94 Å². The normalized spacial score (nSPS) is 10.9. The van der Waals surface area contributed by atoms with E-state index in [1.807, 2.05) is 24.3 Å². The molecule has 0 saturated heterocycles. The highest BCUT2D eigenvalue weighted by molar-refractivity contribution is 5.84. The van der Waals surface area contributed by atoms with Crippen LogP contribution < -0.4 is 5.73 Å². The number of anilines is 1. The van der Waals surface area contributed by atoms with Crippen molar-refractivity contribution in [3.05, 3.63) is 36.7 Å². The molecular weight excluding hydrogens is 192 g/mol. The van der Waals surface area contributed by atoms with Crippen molar-refractivity contribution in [1.82, 2.24) is 5.16 Å². The molecule has 0 atom stereocenters. The van der Waals surface area contributed by atoms with E-state index in [1.165, 1.54) is 0 Å². The molecule has 0 amide bonds. The van der Waals surface area contributed by atoms with Gasteiger partial charge in [-0.1, -0.05) is 17.3 Å². The number of benzene rings is 1. The van der Waals surface area contributed by atoms with Crippen LogP contribution in [0.1, 0.15) is 0 Å². The maximum atomic E-state index is 5.63. The molecule has 2 heterocycles. The molecule has 3 aromatic rings. The Morgan fingerprint density at radius 3 is 2.93 bits per heavy atom. The minimum absolute atomic E-state index is 0.320. The second-order valence-corrected chi connectivity index (χ2v) is 3.28. The predicted octanol–water partition coefficient (Wildman–Crippen LogP) is 2.67. The Kier molecular flexibility index (Phi) is 1.56. The van der Waals surface area contributed by atoms with Gasteiger partial charge in [-0.05, 0) is 17.7 Å². The van der Waals surface area contributed by atoms with Crippen LogP contribution in [0.3, 0.4) is 0 Å². The van der Waals surface area contributed by atoms with E-state index in [0.717, 1.165) is 22.1 Å². The first-order valence-electron chi connectivity index (χ1n) is 4.52. The van der Waals surface area contributed by atoms with Gasteiger partial charge in [-0.25, -0.2) is 0 Å². The van der Waals surface area contributed by atoms with Gasteiger partial charge in [0.15, 0.2) is 0 Å². The minimum Gasteiger partial charge on any atom is -0.464 e. The van der Waals surface area contributed by atoms with Crippen molar-refractivity contribution in [2.75, 3.05) is 5.73 Å². The van der Waals surface area contributed by atoms with Gasteiger partial charge in [-0.3, -0.25) is 0 Å². The third-order valence-electron chi connectivity index (χ3n) is 2.37. The average molecular weight is 200 g/mol. The highest BCUT2D eigenvalue weighted by Gasteiger charge is 2.08. The van der Waals surface area contributed by atoms with Crippen LogP contribution in [-0.4, -0.2) is 5.16 Å². The molecule has 0 aliphatic rings. The predicted molar refractivity (Wildman–Crippen MR) is 56.1 cm³/mol. The molecule has 2 aromatic heterocycles. The van der Waals surface area contributed by atoms with Gasteiger partial charge in [0.1, 0.15) is 5.58 Å². The van der Waals surface area contributed by atoms with Gasteiger partial charge in [0, 0.05) is 5.39 Å². The van der Waals surface area contributed by atoms with Crippen LogP contribution in [0.15, 0.2) is 45.7 Å². The summed E-state index contributed by atoms with van der Waals surface area (Å²) in [4.78, 5) is 0. The van der Waals surface area contributed by atoms with Crippen molar-refractivity contribution >= 4 is 16.9 Å². The van der Waals surface area contributed by atoms with Gasteiger partial charge >= 0.3 is 0 Å². The summed E-state index contributed by atoms with van der Waals surface area (Å²) >= 11 is 0. The molecule has 1 aromatic carbocycles. The largest absolute Gasteiger partial charge is 0.464 e. The zero-order valence-corrected chi connectivity index (χ0v) is 7.81. The van der Waals surface area contributed by atoms with Gasteiger partial charge in [0.2, 0.25) is 5.88 Å². The standard InChI is InChI=1S/C11H8N2O2/c12-11-9(6-13-15-11)8-2-1-7-3-4-14-10(7)5-8/h1-6H,12H2. The Hall–Kier alpha value is -2.23. The Labute approximate surface area is 85.3 Å². The zero-order chi connectivity index (χ0) is 10.3. The molecule has 3 rings (SSSR count). The van der Waals surface area contributed by atoms with Gasteiger partial charge in [0.25, 0.3) is 0 Å². The molecule has 0 fully saturated rings. The quantitative estimate of drug-likeness (QED) is 0.655. The van der Waals surface area contributed by atoms with Gasteiger partial charge in [-0.15, -0.1) is 0 Å². The molecule has 0 bridgehead atoms. The van der Waals surface area contributed by atoms with Crippen LogP contribution in [0.5, 0.6) is 0 Å². The molecule has 0 aliphatic carbocycles. The van der Waals surface area contributed by atoms with Crippen molar-refractivity contribution in [1.29, 1.82) is 0 Å². The van der Waals surface area contributed by atoms with E-state index in [-0.39, 0.29) is 0 Å². The molecular formula is C11H8N2O2. The number of aromatic nitrogens is 1. The van der Waals surface area contributed by atoms with Crippen LogP contribution in [0.4, 0.5) is 5.88 Å². The number of hydrogen-bond donors (Lipinski definition) is 1. The Balaban J connectivity index is 2.23. The summed E-state index contributed by atoms with van der Waals surface area (Å²) in [7, 11) is 0. The lowest BCUT2D eigenvalue weighted by Crippen LogP contribution is -1.84. The number of rotatable bonds is 1. The summed E-state index contributed by atoms with van der Waals surface area (Å²) in [6, 6.07) is 7.76. The van der Waals surface area contributed by atoms with Crippen LogP contribution in [-0.2, 0) is 0 Å². The molecule has 0 saturated carbocycles. The van der Waals surface area contributed by atoms with Crippen LogP contribution in [0.2, 0.25) is 0 Å². The van der Waals surface area contributed by atoms with Crippen molar-refractivity contribution in [2.24, 2.45) is 0 Å². The average Bonchev–Trinajstić information content (AvgIpc) is 2.84. The van der Waals surface area contributed by atoms with Crippen LogP contribution >= 0.6 is 0 Å². The summed E-state index contributed by atoms with van der Waals surface area (Å²) < 4.78 is 10.1. The first-order valence-corrected chi connectivity index (χ1v) is 4.52. The maximum Gasteiger partial charge on any atom is 0.229 e. The second kappa shape index (κ2) is 2.88. The number of nitrogens with zero attached hydrogens (tertiary/aromatic N) is 1.